The van der Waals surface area contributed by atoms with E-state index in [4.69, 9.17) is 5.73 Å². The lowest BCUT2D eigenvalue weighted by Gasteiger charge is -2.29. The van der Waals surface area contributed by atoms with Gasteiger partial charge in [-0.1, -0.05) is 25.7 Å². The molecule has 0 unspecified atom stereocenters. The summed E-state index contributed by atoms with van der Waals surface area (Å²) < 4.78 is 39.7. The van der Waals surface area contributed by atoms with Crippen LogP contribution in [0.5, 0.6) is 0 Å². The average Bonchev–Trinajstić information content (AvgIpc) is 2.71. The second kappa shape index (κ2) is 6.47. The van der Waals surface area contributed by atoms with Crippen LogP contribution < -0.4 is 11.1 Å². The molecule has 1 fully saturated rings. The van der Waals surface area contributed by atoms with Gasteiger partial charge in [-0.2, -0.15) is 0 Å². The summed E-state index contributed by atoms with van der Waals surface area (Å²) in [5.41, 5.74) is 4.66. The molecular formula is C15H19F3N2O. The van der Waals surface area contributed by atoms with Crippen LogP contribution in [0.2, 0.25) is 0 Å². The third kappa shape index (κ3) is 3.37. The second-order valence-electron chi connectivity index (χ2n) is 5.60. The average molecular weight is 300 g/mol. The van der Waals surface area contributed by atoms with Crippen LogP contribution in [0.25, 0.3) is 0 Å². The minimum atomic E-state index is -1.28. The van der Waals surface area contributed by atoms with Gasteiger partial charge in [0.05, 0.1) is 11.1 Å². The van der Waals surface area contributed by atoms with E-state index in [0.717, 1.165) is 25.7 Å². The summed E-state index contributed by atoms with van der Waals surface area (Å²) in [5, 5.41) is 2.37. The van der Waals surface area contributed by atoms with Gasteiger partial charge in [-0.15, -0.1) is 0 Å². The zero-order valence-corrected chi connectivity index (χ0v) is 11.7. The molecule has 1 aromatic carbocycles. The lowest BCUT2D eigenvalue weighted by molar-refractivity contribution is -0.125. The Kier molecular flexibility index (Phi) is 4.88. The Morgan fingerprint density at radius 2 is 1.62 bits per heavy atom. The smallest absolute Gasteiger partial charge is 0.231 e. The van der Waals surface area contributed by atoms with Crippen LogP contribution in [-0.4, -0.2) is 12.5 Å². The Labute approximate surface area is 121 Å². The zero-order chi connectivity index (χ0) is 15.5. The SMILES string of the molecule is NCC1(C(=O)Nc2cc(F)c(F)cc2F)CCCCCC1. The van der Waals surface area contributed by atoms with Gasteiger partial charge in [-0.05, 0) is 12.8 Å². The van der Waals surface area contributed by atoms with E-state index >= 15 is 0 Å². The van der Waals surface area contributed by atoms with E-state index in [1.165, 1.54) is 0 Å². The van der Waals surface area contributed by atoms with E-state index in [1.54, 1.807) is 0 Å². The number of hydrogen-bond donors (Lipinski definition) is 2. The molecule has 0 atom stereocenters. The van der Waals surface area contributed by atoms with Crippen molar-refractivity contribution in [1.82, 2.24) is 0 Å². The normalized spacial score (nSPS) is 18.1. The molecule has 0 aromatic heterocycles. The van der Waals surface area contributed by atoms with Gasteiger partial charge < -0.3 is 11.1 Å². The molecule has 0 spiro atoms. The van der Waals surface area contributed by atoms with Crippen molar-refractivity contribution < 1.29 is 18.0 Å². The Bertz CT molecular complexity index is 526. The fraction of sp³-hybridized carbons (Fsp3) is 0.533. The minimum absolute atomic E-state index is 0.157. The van der Waals surface area contributed by atoms with Crippen molar-refractivity contribution in [2.75, 3.05) is 11.9 Å². The van der Waals surface area contributed by atoms with Crippen molar-refractivity contribution >= 4 is 11.6 Å². The van der Waals surface area contributed by atoms with Gasteiger partial charge in [0.25, 0.3) is 0 Å². The number of benzene rings is 1. The number of carbonyl (C=O) groups excluding carboxylic acids is 1. The molecule has 0 heterocycles. The highest BCUT2D eigenvalue weighted by molar-refractivity contribution is 5.95. The Balaban J connectivity index is 2.21. The molecule has 1 aliphatic rings. The summed E-state index contributed by atoms with van der Waals surface area (Å²) in [7, 11) is 0. The van der Waals surface area contributed by atoms with Gasteiger partial charge >= 0.3 is 0 Å². The molecule has 1 amide bonds. The maximum absolute atomic E-state index is 13.6. The summed E-state index contributed by atoms with van der Waals surface area (Å²) in [6.07, 6.45) is 5.08. The predicted octanol–water partition coefficient (Wildman–Crippen LogP) is 3.34. The highest BCUT2D eigenvalue weighted by Gasteiger charge is 2.37. The van der Waals surface area contributed by atoms with Gasteiger partial charge in [-0.3, -0.25) is 4.79 Å². The Morgan fingerprint density at radius 1 is 1.05 bits per heavy atom. The van der Waals surface area contributed by atoms with Crippen molar-refractivity contribution in [3.8, 4) is 0 Å². The molecule has 6 heteroatoms. The van der Waals surface area contributed by atoms with Crippen LogP contribution in [0.15, 0.2) is 12.1 Å². The van der Waals surface area contributed by atoms with Crippen molar-refractivity contribution in [2.24, 2.45) is 11.1 Å². The topological polar surface area (TPSA) is 55.1 Å². The Morgan fingerprint density at radius 3 is 2.19 bits per heavy atom. The molecule has 2 rings (SSSR count). The highest BCUT2D eigenvalue weighted by Crippen LogP contribution is 2.35. The number of nitrogens with one attached hydrogen (secondary N) is 1. The lowest BCUT2D eigenvalue weighted by Crippen LogP contribution is -2.42. The summed E-state index contributed by atoms with van der Waals surface area (Å²) in [6, 6.07) is 1.08. The quantitative estimate of drug-likeness (QED) is 0.664. The molecule has 3 N–H and O–H groups in total. The minimum Gasteiger partial charge on any atom is -0.329 e. The van der Waals surface area contributed by atoms with Gasteiger partial charge in [0, 0.05) is 18.7 Å². The first kappa shape index (κ1) is 15.8. The fourth-order valence-corrected chi connectivity index (χ4v) is 2.80. The number of amides is 1. The summed E-state index contributed by atoms with van der Waals surface area (Å²) in [6.45, 7) is 0.157. The molecule has 0 aliphatic heterocycles. The molecule has 1 aromatic rings. The first-order valence-electron chi connectivity index (χ1n) is 7.14. The molecule has 21 heavy (non-hydrogen) atoms. The van der Waals surface area contributed by atoms with E-state index in [1.807, 2.05) is 0 Å². The molecular weight excluding hydrogens is 281 g/mol. The van der Waals surface area contributed by atoms with Crippen LogP contribution >= 0.6 is 0 Å². The second-order valence-corrected chi connectivity index (χ2v) is 5.60. The van der Waals surface area contributed by atoms with E-state index in [2.05, 4.69) is 5.32 Å². The predicted molar refractivity (Wildman–Crippen MR) is 74.1 cm³/mol. The van der Waals surface area contributed by atoms with E-state index in [-0.39, 0.29) is 12.2 Å². The van der Waals surface area contributed by atoms with Crippen LogP contribution in [0.1, 0.15) is 38.5 Å². The molecule has 1 aliphatic carbocycles. The fourth-order valence-electron chi connectivity index (χ4n) is 2.80. The largest absolute Gasteiger partial charge is 0.329 e. The van der Waals surface area contributed by atoms with E-state index in [0.29, 0.717) is 25.0 Å². The molecule has 0 bridgehead atoms. The summed E-state index contributed by atoms with van der Waals surface area (Å²) in [5.74, 6) is -3.90. The number of anilines is 1. The third-order valence-electron chi connectivity index (χ3n) is 4.19. The first-order chi connectivity index (χ1) is 9.98. The third-order valence-corrected chi connectivity index (χ3v) is 4.19. The first-order valence-corrected chi connectivity index (χ1v) is 7.14. The maximum atomic E-state index is 13.6. The summed E-state index contributed by atoms with van der Waals surface area (Å²) >= 11 is 0. The standard InChI is InChI=1S/C15H19F3N2O/c16-10-7-12(18)13(8-11(10)17)20-14(21)15(9-19)5-3-1-2-4-6-15/h7-8H,1-6,9,19H2,(H,20,21). The molecule has 116 valence electrons. The van der Waals surface area contributed by atoms with Gasteiger partial charge in [0.15, 0.2) is 11.6 Å². The zero-order valence-electron chi connectivity index (χ0n) is 11.7. The van der Waals surface area contributed by atoms with Crippen LogP contribution in [0.4, 0.5) is 18.9 Å². The van der Waals surface area contributed by atoms with Crippen molar-refractivity contribution in [3.63, 3.8) is 0 Å². The van der Waals surface area contributed by atoms with Crippen LogP contribution in [-0.2, 0) is 4.79 Å². The summed E-state index contributed by atoms with van der Waals surface area (Å²) in [4.78, 5) is 12.4. The van der Waals surface area contributed by atoms with Crippen LogP contribution in [0, 0.1) is 22.9 Å². The van der Waals surface area contributed by atoms with Gasteiger partial charge in [-0.25, -0.2) is 13.2 Å². The van der Waals surface area contributed by atoms with Crippen molar-refractivity contribution in [3.05, 3.63) is 29.6 Å². The molecule has 0 saturated heterocycles. The van der Waals surface area contributed by atoms with E-state index < -0.39 is 28.8 Å². The monoisotopic (exact) mass is 300 g/mol. The lowest BCUT2D eigenvalue weighted by atomic mass is 9.79. The number of carbonyl (C=O) groups is 1. The molecule has 3 nitrogen and oxygen atoms in total. The van der Waals surface area contributed by atoms with Gasteiger partial charge in [0.1, 0.15) is 5.82 Å². The number of rotatable bonds is 3. The van der Waals surface area contributed by atoms with Gasteiger partial charge in [0.2, 0.25) is 5.91 Å². The molecule has 1 saturated carbocycles. The van der Waals surface area contributed by atoms with Crippen LogP contribution in [0.3, 0.4) is 0 Å². The number of hydrogen-bond acceptors (Lipinski definition) is 2. The Hall–Kier alpha value is -1.56. The van der Waals surface area contributed by atoms with Crippen molar-refractivity contribution in [2.45, 2.75) is 38.5 Å². The number of nitrogens with two attached hydrogens (primary N) is 1. The number of halogens is 3. The van der Waals surface area contributed by atoms with Crippen molar-refractivity contribution in [1.29, 1.82) is 0 Å². The van der Waals surface area contributed by atoms with E-state index in [9.17, 15) is 18.0 Å². The highest BCUT2D eigenvalue weighted by atomic mass is 19.2. The molecule has 0 radical (unpaired) electrons. The maximum Gasteiger partial charge on any atom is 0.231 e.